The lowest BCUT2D eigenvalue weighted by Gasteiger charge is -2.14. The molecule has 1 N–H and O–H groups in total. The summed E-state index contributed by atoms with van der Waals surface area (Å²) in [5.41, 5.74) is 2.35. The van der Waals surface area contributed by atoms with E-state index in [1.54, 1.807) is 11.0 Å². The largest absolute Gasteiger partial charge is 0.396 e. The van der Waals surface area contributed by atoms with Crippen LogP contribution in [-0.2, 0) is 4.79 Å². The molecule has 0 fully saturated rings. The minimum Gasteiger partial charge on any atom is -0.396 e. The Morgan fingerprint density at radius 2 is 1.86 bits per heavy atom. The molecule has 0 aliphatic rings. The molecule has 1 aromatic rings. The number of carbonyl (C=O) groups excluding carboxylic acids is 1. The Balaban J connectivity index is 2.45. The highest BCUT2D eigenvalue weighted by molar-refractivity contribution is 5.91. The molecule has 0 spiro atoms. The molecule has 0 radical (unpaired) electrons. The summed E-state index contributed by atoms with van der Waals surface area (Å²) in [6.07, 6.45) is 6.17. The fraction of sp³-hybridized carbons (Fsp3) is 0.500. The van der Waals surface area contributed by atoms with Crippen molar-refractivity contribution in [2.75, 3.05) is 20.2 Å². The Morgan fingerprint density at radius 1 is 1.19 bits per heavy atom. The Labute approximate surface area is 128 Å². The molecule has 21 heavy (non-hydrogen) atoms. The van der Waals surface area contributed by atoms with E-state index in [0.29, 0.717) is 5.92 Å². The number of aliphatic hydroxyl groups is 1. The molecule has 1 aromatic carbocycles. The number of likely N-dealkylation sites (N-methyl/N-ethyl adjacent to an activating group) is 1. The summed E-state index contributed by atoms with van der Waals surface area (Å²) >= 11 is 0. The van der Waals surface area contributed by atoms with Crippen LogP contribution in [0.3, 0.4) is 0 Å². The summed E-state index contributed by atoms with van der Waals surface area (Å²) in [5, 5.41) is 8.71. The minimum atomic E-state index is 0.0203. The van der Waals surface area contributed by atoms with Crippen molar-refractivity contribution < 1.29 is 9.90 Å². The maximum absolute atomic E-state index is 11.9. The van der Waals surface area contributed by atoms with E-state index in [-0.39, 0.29) is 12.5 Å². The Morgan fingerprint density at radius 3 is 2.43 bits per heavy atom. The van der Waals surface area contributed by atoms with Gasteiger partial charge in [0.2, 0.25) is 5.91 Å². The van der Waals surface area contributed by atoms with Gasteiger partial charge in [0.25, 0.3) is 0 Å². The van der Waals surface area contributed by atoms with Crippen LogP contribution in [0.2, 0.25) is 0 Å². The van der Waals surface area contributed by atoms with E-state index in [4.69, 9.17) is 5.11 Å². The standard InChI is InChI=1S/C18H27NO2/c1-15(2)17-10-7-16(8-11-17)9-12-18(21)19(3)13-5-4-6-14-20/h7-12,15,20H,4-6,13-14H2,1-3H3/b12-9+. The van der Waals surface area contributed by atoms with Gasteiger partial charge in [0.05, 0.1) is 0 Å². The summed E-state index contributed by atoms with van der Waals surface area (Å²) in [6.45, 7) is 5.29. The molecule has 0 saturated heterocycles. The monoisotopic (exact) mass is 289 g/mol. The number of amides is 1. The minimum absolute atomic E-state index is 0.0203. The maximum Gasteiger partial charge on any atom is 0.246 e. The van der Waals surface area contributed by atoms with Gasteiger partial charge in [-0.1, -0.05) is 38.1 Å². The molecule has 3 heteroatoms. The lowest BCUT2D eigenvalue weighted by molar-refractivity contribution is -0.124. The zero-order valence-corrected chi connectivity index (χ0v) is 13.4. The molecule has 0 heterocycles. The Kier molecular flexibility index (Phi) is 7.76. The van der Waals surface area contributed by atoms with Gasteiger partial charge in [0.15, 0.2) is 0 Å². The first-order valence-electron chi connectivity index (χ1n) is 7.68. The second-order valence-electron chi connectivity index (χ2n) is 5.70. The lowest BCUT2D eigenvalue weighted by Crippen LogP contribution is -2.25. The van der Waals surface area contributed by atoms with Crippen molar-refractivity contribution in [3.8, 4) is 0 Å². The molecule has 0 bridgehead atoms. The summed E-state index contributed by atoms with van der Waals surface area (Å²) in [4.78, 5) is 13.7. The van der Waals surface area contributed by atoms with E-state index >= 15 is 0 Å². The average Bonchev–Trinajstić information content (AvgIpc) is 2.49. The summed E-state index contributed by atoms with van der Waals surface area (Å²) < 4.78 is 0. The molecule has 116 valence electrons. The van der Waals surface area contributed by atoms with Gasteiger partial charge in [-0.2, -0.15) is 0 Å². The number of unbranched alkanes of at least 4 members (excludes halogenated alkanes) is 2. The SMILES string of the molecule is CC(C)c1ccc(/C=C/C(=O)N(C)CCCCCO)cc1. The normalized spacial score (nSPS) is 11.3. The van der Waals surface area contributed by atoms with Crippen LogP contribution in [0.5, 0.6) is 0 Å². The van der Waals surface area contributed by atoms with Gasteiger partial charge >= 0.3 is 0 Å². The smallest absolute Gasteiger partial charge is 0.246 e. The average molecular weight is 289 g/mol. The molecule has 3 nitrogen and oxygen atoms in total. The molecule has 1 rings (SSSR count). The van der Waals surface area contributed by atoms with Gasteiger partial charge in [-0.15, -0.1) is 0 Å². The van der Waals surface area contributed by atoms with Crippen LogP contribution in [0.15, 0.2) is 30.3 Å². The molecule has 1 amide bonds. The first-order chi connectivity index (χ1) is 10.0. The number of nitrogens with zero attached hydrogens (tertiary/aromatic N) is 1. The van der Waals surface area contributed by atoms with Crippen molar-refractivity contribution in [2.24, 2.45) is 0 Å². The number of hydrogen-bond acceptors (Lipinski definition) is 2. The number of carbonyl (C=O) groups is 1. The fourth-order valence-electron chi connectivity index (χ4n) is 2.03. The zero-order valence-electron chi connectivity index (χ0n) is 13.4. The van der Waals surface area contributed by atoms with E-state index in [9.17, 15) is 4.79 Å². The number of rotatable bonds is 8. The highest BCUT2D eigenvalue weighted by Gasteiger charge is 2.04. The predicted molar refractivity (Wildman–Crippen MR) is 88.1 cm³/mol. The van der Waals surface area contributed by atoms with Crippen molar-refractivity contribution in [3.05, 3.63) is 41.5 Å². The Hall–Kier alpha value is -1.61. The highest BCUT2D eigenvalue weighted by Crippen LogP contribution is 2.15. The molecule has 0 unspecified atom stereocenters. The molecular formula is C18H27NO2. The Bertz CT molecular complexity index is 449. The van der Waals surface area contributed by atoms with E-state index in [0.717, 1.165) is 31.4 Å². The van der Waals surface area contributed by atoms with E-state index in [1.807, 2.05) is 25.3 Å². The quantitative estimate of drug-likeness (QED) is 0.588. The molecule has 0 aliphatic carbocycles. The third kappa shape index (κ3) is 6.58. The van der Waals surface area contributed by atoms with Crippen LogP contribution in [-0.4, -0.2) is 36.1 Å². The number of aliphatic hydroxyl groups excluding tert-OH is 1. The van der Waals surface area contributed by atoms with Crippen LogP contribution in [0.4, 0.5) is 0 Å². The van der Waals surface area contributed by atoms with Crippen LogP contribution in [0, 0.1) is 0 Å². The van der Waals surface area contributed by atoms with Gasteiger partial charge in [0.1, 0.15) is 0 Å². The molecule has 0 aromatic heterocycles. The van der Waals surface area contributed by atoms with Crippen LogP contribution < -0.4 is 0 Å². The maximum atomic E-state index is 11.9. The fourth-order valence-corrected chi connectivity index (χ4v) is 2.03. The second kappa shape index (κ2) is 9.35. The van der Waals surface area contributed by atoms with Crippen LogP contribution >= 0.6 is 0 Å². The van der Waals surface area contributed by atoms with Crippen molar-refractivity contribution >= 4 is 12.0 Å². The molecular weight excluding hydrogens is 262 g/mol. The summed E-state index contributed by atoms with van der Waals surface area (Å²) in [7, 11) is 1.81. The van der Waals surface area contributed by atoms with Crippen LogP contribution in [0.1, 0.15) is 50.2 Å². The third-order valence-corrected chi connectivity index (χ3v) is 3.55. The van der Waals surface area contributed by atoms with Gasteiger partial charge in [-0.05, 0) is 42.4 Å². The molecule has 0 atom stereocenters. The number of benzene rings is 1. The number of hydrogen-bond donors (Lipinski definition) is 1. The zero-order chi connectivity index (χ0) is 15.7. The first kappa shape index (κ1) is 17.4. The topological polar surface area (TPSA) is 40.5 Å². The van der Waals surface area contributed by atoms with Crippen molar-refractivity contribution in [2.45, 2.75) is 39.0 Å². The molecule has 0 saturated carbocycles. The first-order valence-corrected chi connectivity index (χ1v) is 7.68. The van der Waals surface area contributed by atoms with Crippen LogP contribution in [0.25, 0.3) is 6.08 Å². The summed E-state index contributed by atoms with van der Waals surface area (Å²) in [6, 6.07) is 8.29. The van der Waals surface area contributed by atoms with Crippen molar-refractivity contribution in [3.63, 3.8) is 0 Å². The summed E-state index contributed by atoms with van der Waals surface area (Å²) in [5.74, 6) is 0.543. The molecule has 0 aliphatic heterocycles. The van der Waals surface area contributed by atoms with Gasteiger partial charge in [0, 0.05) is 26.3 Å². The van der Waals surface area contributed by atoms with Crippen molar-refractivity contribution in [1.29, 1.82) is 0 Å². The van der Waals surface area contributed by atoms with E-state index in [2.05, 4.69) is 26.0 Å². The van der Waals surface area contributed by atoms with Gasteiger partial charge in [-0.25, -0.2) is 0 Å². The third-order valence-electron chi connectivity index (χ3n) is 3.55. The van der Waals surface area contributed by atoms with Gasteiger partial charge in [-0.3, -0.25) is 4.79 Å². The lowest BCUT2D eigenvalue weighted by atomic mass is 10.0. The second-order valence-corrected chi connectivity index (χ2v) is 5.70. The highest BCUT2D eigenvalue weighted by atomic mass is 16.2. The van der Waals surface area contributed by atoms with E-state index < -0.39 is 0 Å². The van der Waals surface area contributed by atoms with Gasteiger partial charge < -0.3 is 10.0 Å². The predicted octanol–water partition coefficient (Wildman–Crippen LogP) is 3.44. The van der Waals surface area contributed by atoms with E-state index in [1.165, 1.54) is 5.56 Å². The van der Waals surface area contributed by atoms with Crippen molar-refractivity contribution in [1.82, 2.24) is 4.90 Å².